The Morgan fingerprint density at radius 1 is 1.20 bits per heavy atom. The van der Waals surface area contributed by atoms with E-state index in [1.807, 2.05) is 0 Å². The molecule has 1 fully saturated rings. The lowest BCUT2D eigenvalue weighted by molar-refractivity contribution is -0.151. The van der Waals surface area contributed by atoms with Crippen LogP contribution in [0.3, 0.4) is 0 Å². The number of β-lactam (4-membered cyclic amide) rings is 1. The van der Waals surface area contributed by atoms with Gasteiger partial charge in [-0.15, -0.1) is 0 Å². The zero-order valence-corrected chi connectivity index (χ0v) is 15.2. The van der Waals surface area contributed by atoms with E-state index in [2.05, 4.69) is 15.9 Å². The molecular formula is C17H15BrN2O5. The van der Waals surface area contributed by atoms with Crippen molar-refractivity contribution in [1.29, 1.82) is 0 Å². The van der Waals surface area contributed by atoms with Gasteiger partial charge in [0.2, 0.25) is 0 Å². The minimum atomic E-state index is -0.907. The lowest BCUT2D eigenvalue weighted by atomic mass is 10.0. The Balaban J connectivity index is 1.86. The van der Waals surface area contributed by atoms with E-state index in [9.17, 15) is 19.2 Å². The Bertz CT molecular complexity index is 797. The Morgan fingerprint density at radius 2 is 1.76 bits per heavy atom. The van der Waals surface area contributed by atoms with Gasteiger partial charge in [-0.25, -0.2) is 4.79 Å². The Morgan fingerprint density at radius 3 is 2.20 bits per heavy atom. The molecule has 1 aromatic rings. The number of alkyl halides is 1. The van der Waals surface area contributed by atoms with Crippen LogP contribution in [0.15, 0.2) is 35.5 Å². The van der Waals surface area contributed by atoms with Gasteiger partial charge in [0, 0.05) is 5.33 Å². The molecule has 1 unspecified atom stereocenters. The van der Waals surface area contributed by atoms with Gasteiger partial charge >= 0.3 is 5.97 Å². The summed E-state index contributed by atoms with van der Waals surface area (Å²) in [5, 5.41) is 0.388. The standard InChI is InChI=1S/C17H15BrN2O5/c1-9(7-18)13(17(24)25-2)19-8-12(16(19)23)20-14(21)10-5-3-4-6-11(10)15(20)22/h3-6,12H,7-8H2,1-2H3. The maximum absolute atomic E-state index is 12.6. The summed E-state index contributed by atoms with van der Waals surface area (Å²) < 4.78 is 4.74. The van der Waals surface area contributed by atoms with Gasteiger partial charge in [-0.2, -0.15) is 0 Å². The number of methoxy groups -OCH3 is 1. The van der Waals surface area contributed by atoms with Crippen LogP contribution < -0.4 is 0 Å². The van der Waals surface area contributed by atoms with Gasteiger partial charge in [0.1, 0.15) is 11.7 Å². The van der Waals surface area contributed by atoms with Crippen molar-refractivity contribution >= 4 is 39.6 Å². The topological polar surface area (TPSA) is 84.0 Å². The summed E-state index contributed by atoms with van der Waals surface area (Å²) >= 11 is 3.25. The largest absolute Gasteiger partial charge is 0.464 e. The molecule has 0 saturated carbocycles. The molecule has 25 heavy (non-hydrogen) atoms. The molecule has 0 N–H and O–H groups in total. The van der Waals surface area contributed by atoms with E-state index in [0.29, 0.717) is 22.0 Å². The Kier molecular flexibility index (Phi) is 4.47. The summed E-state index contributed by atoms with van der Waals surface area (Å²) in [7, 11) is 1.23. The molecule has 2 heterocycles. The molecule has 0 radical (unpaired) electrons. The van der Waals surface area contributed by atoms with Crippen molar-refractivity contribution in [3.63, 3.8) is 0 Å². The monoisotopic (exact) mass is 406 g/mol. The van der Waals surface area contributed by atoms with Gasteiger partial charge < -0.3 is 9.64 Å². The fourth-order valence-electron chi connectivity index (χ4n) is 2.97. The molecule has 0 spiro atoms. The normalized spacial score (nSPS) is 20.3. The number of imide groups is 1. The molecule has 1 saturated heterocycles. The molecule has 2 aliphatic heterocycles. The average Bonchev–Trinajstić information content (AvgIpc) is 2.88. The second-order valence-corrected chi connectivity index (χ2v) is 6.31. The molecule has 8 heteroatoms. The third-order valence-electron chi connectivity index (χ3n) is 4.30. The van der Waals surface area contributed by atoms with E-state index in [1.54, 1.807) is 31.2 Å². The highest BCUT2D eigenvalue weighted by molar-refractivity contribution is 9.09. The predicted molar refractivity (Wildman–Crippen MR) is 91.0 cm³/mol. The number of halogens is 1. The lowest BCUT2D eigenvalue weighted by Gasteiger charge is -2.42. The molecule has 1 aromatic carbocycles. The second kappa shape index (κ2) is 6.44. The third-order valence-corrected chi connectivity index (χ3v) is 5.14. The molecular weight excluding hydrogens is 392 g/mol. The van der Waals surface area contributed by atoms with Gasteiger partial charge in [0.05, 0.1) is 24.8 Å². The first-order valence-electron chi connectivity index (χ1n) is 7.54. The first kappa shape index (κ1) is 17.3. The number of fused-ring (bicyclic) bond motifs is 1. The number of benzene rings is 1. The molecule has 0 bridgehead atoms. The van der Waals surface area contributed by atoms with E-state index < -0.39 is 29.7 Å². The van der Waals surface area contributed by atoms with Gasteiger partial charge in [0.25, 0.3) is 17.7 Å². The van der Waals surface area contributed by atoms with Crippen LogP contribution in [0.25, 0.3) is 0 Å². The van der Waals surface area contributed by atoms with E-state index in [4.69, 9.17) is 4.74 Å². The van der Waals surface area contributed by atoms with Crippen molar-refractivity contribution < 1.29 is 23.9 Å². The van der Waals surface area contributed by atoms with Crippen LogP contribution in [0.4, 0.5) is 0 Å². The number of carbonyl (C=O) groups is 4. The number of likely N-dealkylation sites (tertiary alicyclic amines) is 1. The van der Waals surface area contributed by atoms with Crippen molar-refractivity contribution in [1.82, 2.24) is 9.80 Å². The van der Waals surface area contributed by atoms with Crippen LogP contribution in [0.5, 0.6) is 0 Å². The minimum Gasteiger partial charge on any atom is -0.464 e. The molecule has 1 atom stereocenters. The number of rotatable bonds is 4. The summed E-state index contributed by atoms with van der Waals surface area (Å²) in [6, 6.07) is 5.55. The lowest BCUT2D eigenvalue weighted by Crippen LogP contribution is -2.65. The van der Waals surface area contributed by atoms with Crippen LogP contribution in [0.1, 0.15) is 27.6 Å². The number of allylic oxidation sites excluding steroid dienone is 1. The van der Waals surface area contributed by atoms with Crippen molar-refractivity contribution in [3.05, 3.63) is 46.7 Å². The molecule has 0 aliphatic carbocycles. The maximum atomic E-state index is 12.6. The van der Waals surface area contributed by atoms with Crippen molar-refractivity contribution in [2.75, 3.05) is 19.0 Å². The Labute approximate surface area is 152 Å². The number of hydrogen-bond donors (Lipinski definition) is 0. The van der Waals surface area contributed by atoms with Gasteiger partial charge in [0.15, 0.2) is 0 Å². The summed E-state index contributed by atoms with van der Waals surface area (Å²) in [5.74, 6) is -2.08. The highest BCUT2D eigenvalue weighted by atomic mass is 79.9. The molecule has 2 aliphatic rings. The van der Waals surface area contributed by atoms with E-state index >= 15 is 0 Å². The smallest absolute Gasteiger partial charge is 0.354 e. The fourth-order valence-corrected chi connectivity index (χ4v) is 3.23. The number of amides is 3. The zero-order valence-electron chi connectivity index (χ0n) is 13.6. The third kappa shape index (κ3) is 2.57. The van der Waals surface area contributed by atoms with Crippen molar-refractivity contribution in [2.24, 2.45) is 0 Å². The first-order valence-corrected chi connectivity index (χ1v) is 8.66. The fraction of sp³-hybridized carbons (Fsp3) is 0.294. The number of hydrogen-bond acceptors (Lipinski definition) is 5. The summed E-state index contributed by atoms with van der Waals surface area (Å²) in [5.41, 5.74) is 1.34. The van der Waals surface area contributed by atoms with Crippen LogP contribution in [0, 0.1) is 0 Å². The maximum Gasteiger partial charge on any atom is 0.354 e. The van der Waals surface area contributed by atoms with Crippen LogP contribution in [-0.4, -0.2) is 58.5 Å². The molecule has 3 amide bonds. The number of nitrogens with zero attached hydrogens (tertiary/aromatic N) is 2. The van der Waals surface area contributed by atoms with Gasteiger partial charge in [-0.1, -0.05) is 28.1 Å². The first-order chi connectivity index (χ1) is 11.9. The highest BCUT2D eigenvalue weighted by Gasteiger charge is 2.51. The quantitative estimate of drug-likeness (QED) is 0.247. The minimum absolute atomic E-state index is 0.0685. The number of ether oxygens (including phenoxy) is 1. The summed E-state index contributed by atoms with van der Waals surface area (Å²) in [6.07, 6.45) is 0. The molecule has 0 aromatic heterocycles. The van der Waals surface area contributed by atoms with Crippen LogP contribution in [0.2, 0.25) is 0 Å². The second-order valence-electron chi connectivity index (χ2n) is 5.74. The van der Waals surface area contributed by atoms with Crippen molar-refractivity contribution in [3.8, 4) is 0 Å². The van der Waals surface area contributed by atoms with Gasteiger partial charge in [-0.05, 0) is 24.6 Å². The summed E-state index contributed by atoms with van der Waals surface area (Å²) in [4.78, 5) is 51.7. The van der Waals surface area contributed by atoms with E-state index in [0.717, 1.165) is 4.90 Å². The van der Waals surface area contributed by atoms with Crippen LogP contribution >= 0.6 is 15.9 Å². The molecule has 3 rings (SSSR count). The van der Waals surface area contributed by atoms with Crippen molar-refractivity contribution in [2.45, 2.75) is 13.0 Å². The van der Waals surface area contributed by atoms with E-state index in [-0.39, 0.29) is 12.2 Å². The molecule has 7 nitrogen and oxygen atoms in total. The Hall–Kier alpha value is -2.48. The average molecular weight is 407 g/mol. The SMILES string of the molecule is COC(=O)C(=C(C)CBr)N1CC(N2C(=O)c3ccccc3C2=O)C1=O. The predicted octanol–water partition coefficient (Wildman–Crippen LogP) is 1.34. The van der Waals surface area contributed by atoms with Crippen LogP contribution in [-0.2, 0) is 14.3 Å². The molecule has 130 valence electrons. The zero-order chi connectivity index (χ0) is 18.3. The summed E-state index contributed by atoms with van der Waals surface area (Å²) in [6.45, 7) is 1.77. The van der Waals surface area contributed by atoms with Gasteiger partial charge in [-0.3, -0.25) is 19.3 Å². The number of carbonyl (C=O) groups excluding carboxylic acids is 4. The number of esters is 1. The highest BCUT2D eigenvalue weighted by Crippen LogP contribution is 2.31. The van der Waals surface area contributed by atoms with E-state index in [1.165, 1.54) is 12.0 Å².